The number of nitrogens with zero attached hydrogens (tertiary/aromatic N) is 6. The monoisotopic (exact) mass is 428 g/mol. The Morgan fingerprint density at radius 2 is 2.10 bits per heavy atom. The van der Waals surface area contributed by atoms with Crippen LogP contribution in [0.1, 0.15) is 28.9 Å². The molecule has 4 rings (SSSR count). The second-order valence-corrected chi connectivity index (χ2v) is 7.45. The molecule has 0 aliphatic heterocycles. The zero-order valence-electron chi connectivity index (χ0n) is 17.6. The Bertz CT molecular complexity index is 1240. The van der Waals surface area contributed by atoms with Gasteiger partial charge in [0.2, 0.25) is 5.91 Å². The normalized spacial score (nSPS) is 11.6. The molecule has 0 spiro atoms. The van der Waals surface area contributed by atoms with Crippen molar-refractivity contribution in [2.75, 3.05) is 7.05 Å². The summed E-state index contributed by atoms with van der Waals surface area (Å²) in [5, 5.41) is 8.77. The number of amides is 1. The van der Waals surface area contributed by atoms with Gasteiger partial charge in [-0.25, -0.2) is 18.4 Å². The number of pyridine rings is 1. The fraction of sp³-hybridized carbons (Fsp3) is 0.333. The first-order chi connectivity index (χ1) is 14.8. The second-order valence-electron chi connectivity index (χ2n) is 7.45. The van der Waals surface area contributed by atoms with Crippen molar-refractivity contribution in [1.29, 1.82) is 0 Å². The van der Waals surface area contributed by atoms with Gasteiger partial charge in [-0.2, -0.15) is 10.2 Å². The average molecular weight is 428 g/mol. The molecule has 4 aromatic heterocycles. The van der Waals surface area contributed by atoms with Crippen molar-refractivity contribution >= 4 is 16.9 Å². The summed E-state index contributed by atoms with van der Waals surface area (Å²) >= 11 is 0. The van der Waals surface area contributed by atoms with Gasteiger partial charge in [0.15, 0.2) is 11.4 Å². The lowest BCUT2D eigenvalue weighted by Crippen LogP contribution is -2.30. The van der Waals surface area contributed by atoms with Crippen LogP contribution in [0.2, 0.25) is 0 Å². The third kappa shape index (κ3) is 3.80. The van der Waals surface area contributed by atoms with Gasteiger partial charge in [-0.05, 0) is 32.0 Å². The molecule has 0 aliphatic rings. The summed E-state index contributed by atoms with van der Waals surface area (Å²) in [7, 11) is 3.52. The van der Waals surface area contributed by atoms with Gasteiger partial charge in [-0.3, -0.25) is 9.48 Å². The SMILES string of the molecule is Cc1nn(CC(=O)N(C)Cc2cnn(C)c2C)c2nc(-c3ccco3)cc(C(F)F)c12. The van der Waals surface area contributed by atoms with Crippen molar-refractivity contribution in [2.24, 2.45) is 7.05 Å². The summed E-state index contributed by atoms with van der Waals surface area (Å²) in [4.78, 5) is 18.9. The first kappa shape index (κ1) is 20.7. The Morgan fingerprint density at radius 1 is 1.32 bits per heavy atom. The predicted molar refractivity (Wildman–Crippen MR) is 109 cm³/mol. The van der Waals surface area contributed by atoms with Crippen molar-refractivity contribution in [2.45, 2.75) is 33.4 Å². The van der Waals surface area contributed by atoms with Crippen LogP contribution in [0, 0.1) is 13.8 Å². The third-order valence-electron chi connectivity index (χ3n) is 5.37. The standard InChI is InChI=1S/C21H22F2N6O2/c1-12-19-15(20(22)23)8-16(17-6-5-7-31-17)25-21(19)29(26-12)11-18(30)27(3)10-14-9-24-28(4)13(14)2/h5-9,20H,10-11H2,1-4H3. The number of aryl methyl sites for hydroxylation is 2. The van der Waals surface area contributed by atoms with Crippen LogP contribution in [-0.4, -0.2) is 42.4 Å². The first-order valence-electron chi connectivity index (χ1n) is 9.67. The summed E-state index contributed by atoms with van der Waals surface area (Å²) in [6, 6.07) is 4.61. The fourth-order valence-corrected chi connectivity index (χ4v) is 3.51. The molecule has 10 heteroatoms. The fourth-order valence-electron chi connectivity index (χ4n) is 3.51. The smallest absolute Gasteiger partial charge is 0.264 e. The molecule has 0 N–H and O–H groups in total. The quantitative estimate of drug-likeness (QED) is 0.468. The summed E-state index contributed by atoms with van der Waals surface area (Å²) < 4.78 is 36.0. The molecule has 0 unspecified atom stereocenters. The van der Waals surface area contributed by atoms with E-state index in [9.17, 15) is 13.6 Å². The number of furan rings is 1. The molecule has 0 saturated carbocycles. The topological polar surface area (TPSA) is 82.0 Å². The number of likely N-dealkylation sites (N-methyl/N-ethyl adjacent to an activating group) is 1. The summed E-state index contributed by atoms with van der Waals surface area (Å²) in [5.74, 6) is 0.140. The maximum atomic E-state index is 13.8. The number of fused-ring (bicyclic) bond motifs is 1. The maximum absolute atomic E-state index is 13.8. The highest BCUT2D eigenvalue weighted by Gasteiger charge is 2.23. The molecule has 0 aromatic carbocycles. The van der Waals surface area contributed by atoms with E-state index in [1.165, 1.54) is 17.0 Å². The van der Waals surface area contributed by atoms with E-state index in [1.807, 2.05) is 14.0 Å². The molecule has 0 radical (unpaired) electrons. The van der Waals surface area contributed by atoms with Gasteiger partial charge in [-0.1, -0.05) is 0 Å². The molecular formula is C21H22F2N6O2. The van der Waals surface area contributed by atoms with Crippen LogP contribution in [0.15, 0.2) is 35.1 Å². The predicted octanol–water partition coefficient (Wildman–Crippen LogP) is 3.64. The van der Waals surface area contributed by atoms with Crippen LogP contribution in [-0.2, 0) is 24.9 Å². The molecule has 162 valence electrons. The van der Waals surface area contributed by atoms with E-state index in [-0.39, 0.29) is 34.7 Å². The van der Waals surface area contributed by atoms with E-state index in [0.717, 1.165) is 11.3 Å². The van der Waals surface area contributed by atoms with Gasteiger partial charge in [0.1, 0.15) is 12.2 Å². The Kier molecular flexibility index (Phi) is 5.30. The van der Waals surface area contributed by atoms with Crippen molar-refractivity contribution in [3.05, 3.63) is 53.2 Å². The van der Waals surface area contributed by atoms with E-state index in [4.69, 9.17) is 4.42 Å². The summed E-state index contributed by atoms with van der Waals surface area (Å²) in [6.45, 7) is 3.81. The number of carbonyl (C=O) groups is 1. The van der Waals surface area contributed by atoms with E-state index < -0.39 is 6.43 Å². The van der Waals surface area contributed by atoms with Crippen molar-refractivity contribution in [3.63, 3.8) is 0 Å². The molecule has 4 heterocycles. The Hall–Kier alpha value is -3.56. The van der Waals surface area contributed by atoms with E-state index in [1.54, 1.807) is 41.9 Å². The van der Waals surface area contributed by atoms with E-state index in [0.29, 0.717) is 18.0 Å². The van der Waals surface area contributed by atoms with Crippen LogP contribution >= 0.6 is 0 Å². The van der Waals surface area contributed by atoms with Crippen LogP contribution < -0.4 is 0 Å². The number of carbonyl (C=O) groups excluding carboxylic acids is 1. The van der Waals surface area contributed by atoms with Crippen LogP contribution in [0.3, 0.4) is 0 Å². The van der Waals surface area contributed by atoms with Crippen molar-refractivity contribution in [3.8, 4) is 11.5 Å². The van der Waals surface area contributed by atoms with Crippen LogP contribution in [0.4, 0.5) is 8.78 Å². The Balaban J connectivity index is 1.68. The molecule has 0 atom stereocenters. The Labute approximate surface area is 177 Å². The van der Waals surface area contributed by atoms with Gasteiger partial charge < -0.3 is 9.32 Å². The number of alkyl halides is 2. The van der Waals surface area contributed by atoms with Gasteiger partial charge in [0.25, 0.3) is 6.43 Å². The lowest BCUT2D eigenvalue weighted by Gasteiger charge is -2.17. The molecule has 0 aliphatic carbocycles. The van der Waals surface area contributed by atoms with Crippen molar-refractivity contribution < 1.29 is 18.0 Å². The van der Waals surface area contributed by atoms with Gasteiger partial charge in [-0.15, -0.1) is 0 Å². The van der Waals surface area contributed by atoms with Gasteiger partial charge in [0, 0.05) is 37.5 Å². The average Bonchev–Trinajstić information content (AvgIpc) is 3.45. The lowest BCUT2D eigenvalue weighted by molar-refractivity contribution is -0.131. The van der Waals surface area contributed by atoms with Gasteiger partial charge >= 0.3 is 0 Å². The second kappa shape index (κ2) is 7.93. The number of hydrogen-bond donors (Lipinski definition) is 0. The minimum atomic E-state index is -2.72. The number of rotatable bonds is 6. The van der Waals surface area contributed by atoms with Gasteiger partial charge in [0.05, 0.1) is 23.5 Å². The van der Waals surface area contributed by atoms with E-state index in [2.05, 4.69) is 15.2 Å². The summed E-state index contributed by atoms with van der Waals surface area (Å²) in [6.07, 6.45) is 0.450. The molecule has 0 fully saturated rings. The van der Waals surface area contributed by atoms with Crippen LogP contribution in [0.25, 0.3) is 22.5 Å². The molecule has 8 nitrogen and oxygen atoms in total. The molecule has 4 aromatic rings. The summed E-state index contributed by atoms with van der Waals surface area (Å²) in [5.41, 5.74) is 2.58. The molecule has 0 saturated heterocycles. The molecular weight excluding hydrogens is 406 g/mol. The van der Waals surface area contributed by atoms with E-state index >= 15 is 0 Å². The highest BCUT2D eigenvalue weighted by atomic mass is 19.3. The minimum absolute atomic E-state index is 0.128. The zero-order valence-corrected chi connectivity index (χ0v) is 17.6. The zero-order chi connectivity index (χ0) is 22.3. The highest BCUT2D eigenvalue weighted by Crippen LogP contribution is 2.33. The number of hydrogen-bond acceptors (Lipinski definition) is 5. The molecule has 31 heavy (non-hydrogen) atoms. The minimum Gasteiger partial charge on any atom is -0.463 e. The van der Waals surface area contributed by atoms with Crippen molar-refractivity contribution in [1.82, 2.24) is 29.4 Å². The number of aromatic nitrogens is 5. The lowest BCUT2D eigenvalue weighted by atomic mass is 10.1. The van der Waals surface area contributed by atoms with Crippen LogP contribution in [0.5, 0.6) is 0 Å². The molecule has 1 amide bonds. The largest absolute Gasteiger partial charge is 0.463 e. The highest BCUT2D eigenvalue weighted by molar-refractivity contribution is 5.86. The molecule has 0 bridgehead atoms. The maximum Gasteiger partial charge on any atom is 0.264 e. The third-order valence-corrected chi connectivity index (χ3v) is 5.37. The number of halogens is 2. The Morgan fingerprint density at radius 3 is 2.71 bits per heavy atom. The first-order valence-corrected chi connectivity index (χ1v) is 9.67.